The number of rotatable bonds is 8. The third-order valence-corrected chi connectivity index (χ3v) is 3.36. The zero-order valence-electron chi connectivity index (χ0n) is 12.2. The average molecular weight is 273 g/mol. The molecule has 0 aliphatic heterocycles. The normalized spacial score (nSPS) is 12.5. The summed E-state index contributed by atoms with van der Waals surface area (Å²) >= 11 is 0. The minimum atomic E-state index is 0.290. The van der Waals surface area contributed by atoms with Crippen LogP contribution in [0.4, 0.5) is 0 Å². The van der Waals surface area contributed by atoms with Gasteiger partial charge in [0.25, 0.3) is 0 Å². The summed E-state index contributed by atoms with van der Waals surface area (Å²) in [4.78, 5) is 0. The molecule has 4 nitrogen and oxygen atoms in total. The zero-order chi connectivity index (χ0) is 14.2. The van der Waals surface area contributed by atoms with E-state index in [4.69, 9.17) is 4.74 Å². The van der Waals surface area contributed by atoms with Crippen LogP contribution < -0.4 is 5.32 Å². The monoisotopic (exact) mass is 273 g/mol. The van der Waals surface area contributed by atoms with Gasteiger partial charge in [-0.1, -0.05) is 18.2 Å². The second-order valence-corrected chi connectivity index (χ2v) is 4.68. The highest BCUT2D eigenvalue weighted by Crippen LogP contribution is 2.21. The smallest absolute Gasteiger partial charge is 0.0649 e. The van der Waals surface area contributed by atoms with Crippen molar-refractivity contribution >= 4 is 0 Å². The van der Waals surface area contributed by atoms with Gasteiger partial charge in [0, 0.05) is 25.5 Å². The molecule has 0 spiro atoms. The van der Waals surface area contributed by atoms with E-state index in [-0.39, 0.29) is 6.04 Å². The van der Waals surface area contributed by atoms with E-state index in [1.807, 2.05) is 43.0 Å². The first-order valence-corrected chi connectivity index (χ1v) is 7.21. The first-order chi connectivity index (χ1) is 9.86. The van der Waals surface area contributed by atoms with E-state index in [1.54, 1.807) is 0 Å². The molecular formula is C16H23N3O. The highest BCUT2D eigenvalue weighted by molar-refractivity contribution is 5.33. The van der Waals surface area contributed by atoms with Gasteiger partial charge in [-0.3, -0.25) is 0 Å². The number of para-hydroxylation sites is 1. The molecule has 20 heavy (non-hydrogen) atoms. The third-order valence-electron chi connectivity index (χ3n) is 3.36. The highest BCUT2D eigenvalue weighted by Gasteiger charge is 2.14. The average Bonchev–Trinajstić information content (AvgIpc) is 2.98. The van der Waals surface area contributed by atoms with E-state index in [1.165, 1.54) is 5.69 Å². The first kappa shape index (κ1) is 14.8. The van der Waals surface area contributed by atoms with Crippen molar-refractivity contribution in [1.82, 2.24) is 15.1 Å². The van der Waals surface area contributed by atoms with Crippen LogP contribution in [0.1, 0.15) is 31.5 Å². The van der Waals surface area contributed by atoms with Crippen LogP contribution in [-0.4, -0.2) is 30.0 Å². The Balaban J connectivity index is 2.09. The van der Waals surface area contributed by atoms with Crippen molar-refractivity contribution in [1.29, 1.82) is 0 Å². The molecule has 1 heterocycles. The van der Waals surface area contributed by atoms with Crippen molar-refractivity contribution < 1.29 is 4.74 Å². The molecule has 2 rings (SSSR count). The van der Waals surface area contributed by atoms with E-state index in [2.05, 4.69) is 28.6 Å². The van der Waals surface area contributed by atoms with Gasteiger partial charge in [-0.15, -0.1) is 0 Å². The molecule has 0 aliphatic carbocycles. The molecule has 108 valence electrons. The van der Waals surface area contributed by atoms with Crippen LogP contribution in [0.3, 0.4) is 0 Å². The van der Waals surface area contributed by atoms with Gasteiger partial charge in [0.2, 0.25) is 0 Å². The summed E-state index contributed by atoms with van der Waals surface area (Å²) in [5, 5.41) is 7.82. The van der Waals surface area contributed by atoms with Crippen LogP contribution in [0, 0.1) is 0 Å². The van der Waals surface area contributed by atoms with E-state index < -0.39 is 0 Å². The molecule has 1 N–H and O–H groups in total. The summed E-state index contributed by atoms with van der Waals surface area (Å²) in [6.45, 7) is 3.63. The van der Waals surface area contributed by atoms with Crippen molar-refractivity contribution in [3.8, 4) is 5.69 Å². The maximum absolute atomic E-state index is 5.41. The van der Waals surface area contributed by atoms with Crippen LogP contribution in [-0.2, 0) is 4.74 Å². The molecule has 2 aromatic rings. The van der Waals surface area contributed by atoms with Crippen molar-refractivity contribution in [2.45, 2.75) is 25.8 Å². The number of nitrogens with zero attached hydrogens (tertiary/aromatic N) is 2. The van der Waals surface area contributed by atoms with E-state index in [0.29, 0.717) is 0 Å². The fourth-order valence-corrected chi connectivity index (χ4v) is 2.34. The van der Waals surface area contributed by atoms with Gasteiger partial charge >= 0.3 is 0 Å². The Hall–Kier alpha value is -1.65. The molecule has 4 heteroatoms. The summed E-state index contributed by atoms with van der Waals surface area (Å²) in [6, 6.07) is 12.6. The van der Waals surface area contributed by atoms with Crippen LogP contribution >= 0.6 is 0 Å². The van der Waals surface area contributed by atoms with Crippen molar-refractivity contribution in [2.75, 3.05) is 20.3 Å². The summed E-state index contributed by atoms with van der Waals surface area (Å²) in [7, 11) is 1.99. The van der Waals surface area contributed by atoms with Crippen LogP contribution in [0.5, 0.6) is 0 Å². The lowest BCUT2D eigenvalue weighted by atomic mass is 10.1. The summed E-state index contributed by atoms with van der Waals surface area (Å²) in [5.74, 6) is 0. The number of nitrogens with one attached hydrogen (secondary N) is 1. The third kappa shape index (κ3) is 3.68. The highest BCUT2D eigenvalue weighted by atomic mass is 16.5. The Morgan fingerprint density at radius 3 is 2.75 bits per heavy atom. The quantitative estimate of drug-likeness (QED) is 0.752. The lowest BCUT2D eigenvalue weighted by Gasteiger charge is -2.18. The van der Waals surface area contributed by atoms with Gasteiger partial charge < -0.3 is 10.1 Å². The zero-order valence-corrected chi connectivity index (χ0v) is 12.2. The second kappa shape index (κ2) is 7.82. The van der Waals surface area contributed by atoms with Gasteiger partial charge in [0.05, 0.1) is 11.4 Å². The number of hydrogen-bond donors (Lipinski definition) is 1. The van der Waals surface area contributed by atoms with E-state index in [9.17, 15) is 0 Å². The number of hydrogen-bond acceptors (Lipinski definition) is 3. The molecule has 1 aromatic heterocycles. The molecule has 1 unspecified atom stereocenters. The minimum Gasteiger partial charge on any atom is -0.382 e. The molecule has 1 atom stereocenters. The second-order valence-electron chi connectivity index (χ2n) is 4.68. The van der Waals surface area contributed by atoms with Gasteiger partial charge in [0.1, 0.15) is 0 Å². The predicted octanol–water partition coefficient (Wildman–Crippen LogP) is 2.95. The fourth-order valence-electron chi connectivity index (χ4n) is 2.34. The van der Waals surface area contributed by atoms with Gasteiger partial charge in [-0.25, -0.2) is 4.68 Å². The number of aromatic nitrogens is 2. The SMILES string of the molecule is CCOCCCC(NC)c1ccnn1-c1ccccc1. The predicted molar refractivity (Wildman–Crippen MR) is 81.1 cm³/mol. The van der Waals surface area contributed by atoms with Gasteiger partial charge in [0.15, 0.2) is 0 Å². The summed E-state index contributed by atoms with van der Waals surface area (Å²) in [6.07, 6.45) is 3.93. The number of ether oxygens (including phenoxy) is 1. The van der Waals surface area contributed by atoms with Crippen LogP contribution in [0.15, 0.2) is 42.6 Å². The Labute approximate surface area is 120 Å². The van der Waals surface area contributed by atoms with E-state index in [0.717, 1.165) is 31.7 Å². The largest absolute Gasteiger partial charge is 0.382 e. The first-order valence-electron chi connectivity index (χ1n) is 7.21. The maximum atomic E-state index is 5.41. The van der Waals surface area contributed by atoms with Crippen molar-refractivity contribution in [2.24, 2.45) is 0 Å². The lowest BCUT2D eigenvalue weighted by molar-refractivity contribution is 0.141. The Morgan fingerprint density at radius 1 is 1.25 bits per heavy atom. The van der Waals surface area contributed by atoms with Crippen LogP contribution in [0.25, 0.3) is 5.69 Å². The maximum Gasteiger partial charge on any atom is 0.0649 e. The lowest BCUT2D eigenvalue weighted by Crippen LogP contribution is -2.20. The summed E-state index contributed by atoms with van der Waals surface area (Å²) in [5.41, 5.74) is 2.28. The van der Waals surface area contributed by atoms with Crippen molar-refractivity contribution in [3.05, 3.63) is 48.3 Å². The molecule has 0 amide bonds. The molecule has 0 bridgehead atoms. The molecule has 0 radical (unpaired) electrons. The number of benzene rings is 1. The molecule has 0 saturated heterocycles. The minimum absolute atomic E-state index is 0.290. The molecule has 0 aliphatic rings. The van der Waals surface area contributed by atoms with Gasteiger partial charge in [-0.2, -0.15) is 5.10 Å². The van der Waals surface area contributed by atoms with Crippen LogP contribution in [0.2, 0.25) is 0 Å². The molecule has 0 saturated carbocycles. The fraction of sp³-hybridized carbons (Fsp3) is 0.438. The topological polar surface area (TPSA) is 39.1 Å². The summed E-state index contributed by atoms with van der Waals surface area (Å²) < 4.78 is 7.41. The van der Waals surface area contributed by atoms with Gasteiger partial charge in [-0.05, 0) is 45.0 Å². The molecule has 0 fully saturated rings. The molecule has 1 aromatic carbocycles. The molecular weight excluding hydrogens is 250 g/mol. The Kier molecular flexibility index (Phi) is 5.77. The van der Waals surface area contributed by atoms with E-state index >= 15 is 0 Å². The Bertz CT molecular complexity index is 495. The Morgan fingerprint density at radius 2 is 2.05 bits per heavy atom. The van der Waals surface area contributed by atoms with Crippen molar-refractivity contribution in [3.63, 3.8) is 0 Å². The standard InChI is InChI=1S/C16H23N3O/c1-3-20-13-7-10-15(17-2)16-11-12-18-19(16)14-8-5-4-6-9-14/h4-6,8-9,11-12,15,17H,3,7,10,13H2,1-2H3.